The van der Waals surface area contributed by atoms with Gasteiger partial charge in [-0.05, 0) is 38.1 Å². The molecule has 0 amide bonds. The Hall–Kier alpha value is -3.78. The van der Waals surface area contributed by atoms with Crippen LogP contribution in [0, 0.1) is 13.8 Å². The molecule has 6 N–H and O–H groups in total. The summed E-state index contributed by atoms with van der Waals surface area (Å²) in [7, 11) is 5.65. The monoisotopic (exact) mass is 696 g/mol. The lowest BCUT2D eigenvalue weighted by Gasteiger charge is -2.71. The Balaban J connectivity index is 1.24. The topological polar surface area (TPSA) is 239 Å². The molecule has 270 valence electrons. The SMILES string of the molecule is COc1cc(C(=O)OCC2OC(OC3OC4(COC(=O)c5cc(OC)c(C)c(OC)c5)C(O)C(O)C34O)C(O)C(O)C2O)cc(OC)c1C. The van der Waals surface area contributed by atoms with Gasteiger partial charge in [0, 0.05) is 11.1 Å². The van der Waals surface area contributed by atoms with E-state index in [4.69, 9.17) is 42.6 Å². The highest BCUT2D eigenvalue weighted by Gasteiger charge is 2.86. The zero-order valence-corrected chi connectivity index (χ0v) is 27.5. The van der Waals surface area contributed by atoms with Crippen molar-refractivity contribution in [3.05, 3.63) is 46.5 Å². The number of rotatable bonds is 12. The van der Waals surface area contributed by atoms with E-state index in [2.05, 4.69) is 0 Å². The summed E-state index contributed by atoms with van der Waals surface area (Å²) in [5.41, 5.74) is -3.05. The minimum atomic E-state index is -2.37. The Labute approximate surface area is 280 Å². The zero-order chi connectivity index (χ0) is 36.0. The van der Waals surface area contributed by atoms with Crippen molar-refractivity contribution in [2.45, 2.75) is 74.3 Å². The van der Waals surface area contributed by atoms with Crippen LogP contribution in [0.1, 0.15) is 31.8 Å². The van der Waals surface area contributed by atoms with Crippen molar-refractivity contribution in [2.75, 3.05) is 41.7 Å². The molecule has 2 aliphatic heterocycles. The smallest absolute Gasteiger partial charge is 0.338 e. The molecule has 10 unspecified atom stereocenters. The molecule has 17 heteroatoms. The van der Waals surface area contributed by atoms with Crippen molar-refractivity contribution < 1.29 is 82.9 Å². The normalized spacial score (nSPS) is 33.3. The van der Waals surface area contributed by atoms with Gasteiger partial charge in [0.15, 0.2) is 23.8 Å². The molecule has 3 fully saturated rings. The van der Waals surface area contributed by atoms with Gasteiger partial charge in [0.05, 0.1) is 39.6 Å². The Morgan fingerprint density at radius 1 is 0.714 bits per heavy atom. The van der Waals surface area contributed by atoms with Gasteiger partial charge in [-0.1, -0.05) is 0 Å². The standard InChI is InChI=1S/C32H40O17/c1-13-17(41-3)7-15(8-18(13)42-4)27(38)45-11-21-22(33)23(34)24(35)29(47-21)48-30-32(40)26(37)25(36)31(32,49-30)12-46-28(39)16-9-19(43-5)14(2)20(10-16)44-6/h7-10,21-26,29-30,33-37,40H,11-12H2,1-6H3. The van der Waals surface area contributed by atoms with Crippen molar-refractivity contribution in [3.63, 3.8) is 0 Å². The van der Waals surface area contributed by atoms with Crippen LogP contribution in [0.4, 0.5) is 0 Å². The second-order valence-corrected chi connectivity index (χ2v) is 11.9. The van der Waals surface area contributed by atoms with Gasteiger partial charge >= 0.3 is 11.9 Å². The summed E-state index contributed by atoms with van der Waals surface area (Å²) in [6, 6.07) is 5.67. The maximum atomic E-state index is 12.9. The highest BCUT2D eigenvalue weighted by molar-refractivity contribution is 5.91. The highest BCUT2D eigenvalue weighted by atomic mass is 16.8. The van der Waals surface area contributed by atoms with E-state index in [1.54, 1.807) is 13.8 Å². The number of hydrogen-bond acceptors (Lipinski definition) is 17. The first-order valence-electron chi connectivity index (χ1n) is 15.1. The molecule has 0 radical (unpaired) electrons. The van der Waals surface area contributed by atoms with Gasteiger partial charge in [-0.25, -0.2) is 9.59 Å². The molecule has 17 nitrogen and oxygen atoms in total. The van der Waals surface area contributed by atoms with Crippen molar-refractivity contribution in [1.29, 1.82) is 0 Å². The second-order valence-electron chi connectivity index (χ2n) is 11.9. The first-order chi connectivity index (χ1) is 23.2. The number of carbonyl (C=O) groups excluding carboxylic acids is 2. The Morgan fingerprint density at radius 3 is 1.65 bits per heavy atom. The first kappa shape index (κ1) is 36.5. The van der Waals surface area contributed by atoms with Gasteiger partial charge in [0.2, 0.25) is 0 Å². The number of ether oxygens (including phenoxy) is 9. The number of hydrogen-bond donors (Lipinski definition) is 6. The van der Waals surface area contributed by atoms with E-state index in [-0.39, 0.29) is 11.1 Å². The summed E-state index contributed by atoms with van der Waals surface area (Å²) in [6.07, 6.45) is -14.1. The predicted octanol–water partition coefficient (Wildman–Crippen LogP) is -1.26. The van der Waals surface area contributed by atoms with E-state index in [0.29, 0.717) is 34.1 Å². The summed E-state index contributed by atoms with van der Waals surface area (Å²) in [4.78, 5) is 25.8. The van der Waals surface area contributed by atoms with Gasteiger partial charge in [-0.15, -0.1) is 0 Å². The largest absolute Gasteiger partial charge is 0.496 e. The molecule has 1 aliphatic carbocycles. The van der Waals surface area contributed by atoms with Gasteiger partial charge in [-0.2, -0.15) is 0 Å². The Kier molecular flexibility index (Phi) is 10.3. The lowest BCUT2D eigenvalue weighted by molar-refractivity contribution is -0.537. The van der Waals surface area contributed by atoms with Crippen LogP contribution in [0.3, 0.4) is 0 Å². The highest BCUT2D eigenvalue weighted by Crippen LogP contribution is 2.58. The summed E-state index contributed by atoms with van der Waals surface area (Å²) >= 11 is 0. The molecular formula is C32H40O17. The first-order valence-corrected chi connectivity index (χ1v) is 15.1. The number of benzene rings is 2. The number of esters is 2. The molecule has 2 aromatic carbocycles. The Morgan fingerprint density at radius 2 is 1.18 bits per heavy atom. The number of carbonyl (C=O) groups is 2. The average Bonchev–Trinajstić information content (AvgIpc) is 3.10. The van der Waals surface area contributed by atoms with Gasteiger partial charge in [0.1, 0.15) is 72.8 Å². The van der Waals surface area contributed by atoms with Crippen LogP contribution in [0.2, 0.25) is 0 Å². The maximum Gasteiger partial charge on any atom is 0.338 e. The average molecular weight is 697 g/mol. The van der Waals surface area contributed by atoms with Gasteiger partial charge in [-0.3, -0.25) is 0 Å². The summed E-state index contributed by atoms with van der Waals surface area (Å²) in [5, 5.41) is 64.1. The molecule has 49 heavy (non-hydrogen) atoms. The lowest BCUT2D eigenvalue weighted by atomic mass is 9.56. The number of methoxy groups -OCH3 is 4. The fourth-order valence-electron chi connectivity index (χ4n) is 6.17. The molecular weight excluding hydrogens is 656 g/mol. The molecule has 0 aromatic heterocycles. The van der Waals surface area contributed by atoms with Crippen LogP contribution >= 0.6 is 0 Å². The van der Waals surface area contributed by atoms with E-state index in [1.165, 1.54) is 52.7 Å². The van der Waals surface area contributed by atoms with E-state index < -0.39 is 85.6 Å². The van der Waals surface area contributed by atoms with Gasteiger partial charge < -0.3 is 73.3 Å². The molecule has 1 saturated carbocycles. The summed E-state index contributed by atoms with van der Waals surface area (Å²) in [5.74, 6) is -0.342. The third-order valence-electron chi connectivity index (χ3n) is 9.28. The minimum absolute atomic E-state index is 0.0272. The van der Waals surface area contributed by atoms with E-state index >= 15 is 0 Å². The molecule has 10 atom stereocenters. The van der Waals surface area contributed by atoms with Crippen LogP contribution in [0.25, 0.3) is 0 Å². The van der Waals surface area contributed by atoms with Crippen molar-refractivity contribution in [1.82, 2.24) is 0 Å². The Bertz CT molecular complexity index is 1510. The summed E-state index contributed by atoms with van der Waals surface area (Å²) in [6.45, 7) is 2.10. The van der Waals surface area contributed by atoms with Crippen molar-refractivity contribution in [3.8, 4) is 23.0 Å². The van der Waals surface area contributed by atoms with Crippen LogP contribution < -0.4 is 18.9 Å². The lowest BCUT2D eigenvalue weighted by Crippen LogP contribution is -2.96. The third-order valence-corrected chi connectivity index (χ3v) is 9.28. The van der Waals surface area contributed by atoms with Crippen LogP contribution in [0.5, 0.6) is 23.0 Å². The molecule has 0 spiro atoms. The predicted molar refractivity (Wildman–Crippen MR) is 161 cm³/mol. The third kappa shape index (κ3) is 5.94. The second kappa shape index (κ2) is 13.9. The molecule has 2 aromatic rings. The van der Waals surface area contributed by atoms with E-state index in [1.807, 2.05) is 0 Å². The quantitative estimate of drug-likeness (QED) is 0.142. The van der Waals surface area contributed by atoms with Crippen LogP contribution in [0.15, 0.2) is 24.3 Å². The number of aliphatic hydroxyl groups excluding tert-OH is 5. The molecule has 2 heterocycles. The molecule has 5 rings (SSSR count). The number of aliphatic hydroxyl groups is 6. The van der Waals surface area contributed by atoms with Crippen molar-refractivity contribution >= 4 is 11.9 Å². The molecule has 0 bridgehead atoms. The molecule has 2 saturated heterocycles. The van der Waals surface area contributed by atoms with Crippen molar-refractivity contribution in [2.24, 2.45) is 0 Å². The van der Waals surface area contributed by atoms with E-state index in [9.17, 15) is 40.2 Å². The summed E-state index contributed by atoms with van der Waals surface area (Å²) < 4.78 is 48.5. The number of fused-ring (bicyclic) bond motifs is 1. The minimum Gasteiger partial charge on any atom is -0.496 e. The molecule has 3 aliphatic rings. The van der Waals surface area contributed by atoms with Gasteiger partial charge in [0.25, 0.3) is 0 Å². The zero-order valence-electron chi connectivity index (χ0n) is 27.5. The van der Waals surface area contributed by atoms with Crippen LogP contribution in [-0.4, -0.2) is 145 Å². The fraction of sp³-hybridized carbons (Fsp3) is 0.562. The fourth-order valence-corrected chi connectivity index (χ4v) is 6.17. The van der Waals surface area contributed by atoms with E-state index in [0.717, 1.165) is 0 Å². The van der Waals surface area contributed by atoms with Crippen LogP contribution in [-0.2, 0) is 23.7 Å². The maximum absolute atomic E-state index is 12.9.